The Hall–Kier alpha value is -1.51. The van der Waals surface area contributed by atoms with Gasteiger partial charge in [-0.15, -0.1) is 0 Å². The molecule has 0 aliphatic carbocycles. The van der Waals surface area contributed by atoms with Crippen molar-refractivity contribution in [3.8, 4) is 0 Å². The third-order valence-corrected chi connectivity index (χ3v) is 5.70. The largest absolute Gasteiger partial charge is 0.340 e. The van der Waals surface area contributed by atoms with Gasteiger partial charge in [0, 0.05) is 38.6 Å². The second kappa shape index (κ2) is 8.04. The summed E-state index contributed by atoms with van der Waals surface area (Å²) in [6, 6.07) is 6.24. The minimum Gasteiger partial charge on any atom is -0.340 e. The highest BCUT2D eigenvalue weighted by Gasteiger charge is 2.28. The van der Waals surface area contributed by atoms with Gasteiger partial charge < -0.3 is 4.90 Å². The average molecular weight is 357 g/mol. The molecule has 1 aliphatic rings. The molecule has 6 nitrogen and oxygen atoms in total. The number of piperazine rings is 1. The number of rotatable bonds is 6. The average Bonchev–Trinajstić information content (AvgIpc) is 2.53. The van der Waals surface area contributed by atoms with Crippen molar-refractivity contribution in [2.75, 3.05) is 26.2 Å². The zero-order valence-electron chi connectivity index (χ0n) is 14.0. The van der Waals surface area contributed by atoms with Gasteiger partial charge in [-0.25, -0.2) is 4.39 Å². The van der Waals surface area contributed by atoms with E-state index in [0.29, 0.717) is 25.1 Å². The predicted octanol–water partition coefficient (Wildman–Crippen LogP) is 1.15. The molecule has 1 heterocycles. The van der Waals surface area contributed by atoms with Gasteiger partial charge in [0.15, 0.2) is 0 Å². The van der Waals surface area contributed by atoms with Crippen LogP contribution in [-0.4, -0.2) is 55.8 Å². The van der Waals surface area contributed by atoms with Crippen LogP contribution in [0.1, 0.15) is 25.8 Å². The van der Waals surface area contributed by atoms with Crippen LogP contribution in [0, 0.1) is 5.82 Å². The van der Waals surface area contributed by atoms with Crippen molar-refractivity contribution in [1.29, 1.82) is 0 Å². The van der Waals surface area contributed by atoms with Crippen LogP contribution >= 0.6 is 0 Å². The lowest BCUT2D eigenvalue weighted by atomic mass is 10.1. The standard InChI is InChI=1S/C16H24FN3O3S/c1-13(2)18-24(22,23)20-11-9-19(10-12-20)16(21)8-7-14-5-3-4-6-15(14)17/h3-6,13,18H,7-12H2,1-2H3. The molecule has 0 unspecified atom stereocenters. The SMILES string of the molecule is CC(C)NS(=O)(=O)N1CCN(C(=O)CCc2ccccc2F)CC1. The number of nitrogens with one attached hydrogen (secondary N) is 1. The molecule has 0 spiro atoms. The molecule has 1 aromatic carbocycles. The zero-order valence-corrected chi connectivity index (χ0v) is 14.9. The molecular formula is C16H24FN3O3S. The number of carbonyl (C=O) groups excluding carboxylic acids is 1. The third-order valence-electron chi connectivity index (χ3n) is 3.88. The molecule has 134 valence electrons. The molecule has 1 saturated heterocycles. The van der Waals surface area contributed by atoms with Gasteiger partial charge in [0.25, 0.3) is 10.2 Å². The van der Waals surface area contributed by atoms with Gasteiger partial charge in [-0.1, -0.05) is 18.2 Å². The van der Waals surface area contributed by atoms with Gasteiger partial charge in [-0.3, -0.25) is 4.79 Å². The van der Waals surface area contributed by atoms with Crippen LogP contribution < -0.4 is 4.72 Å². The second-order valence-electron chi connectivity index (χ2n) is 6.15. The van der Waals surface area contributed by atoms with Gasteiger partial charge in [0.1, 0.15) is 5.82 Å². The number of benzene rings is 1. The van der Waals surface area contributed by atoms with Gasteiger partial charge >= 0.3 is 0 Å². The third kappa shape index (κ3) is 4.99. The Morgan fingerprint density at radius 1 is 1.21 bits per heavy atom. The van der Waals surface area contributed by atoms with Crippen molar-refractivity contribution in [3.63, 3.8) is 0 Å². The fourth-order valence-electron chi connectivity index (χ4n) is 2.65. The number of halogens is 1. The van der Waals surface area contributed by atoms with Crippen molar-refractivity contribution < 1.29 is 17.6 Å². The number of hydrogen-bond donors (Lipinski definition) is 1. The highest BCUT2D eigenvalue weighted by atomic mass is 32.2. The molecule has 24 heavy (non-hydrogen) atoms. The number of nitrogens with zero attached hydrogens (tertiary/aromatic N) is 2. The van der Waals surface area contributed by atoms with Gasteiger partial charge in [-0.2, -0.15) is 17.4 Å². The minimum atomic E-state index is -3.50. The first kappa shape index (κ1) is 18.8. The molecule has 1 aliphatic heterocycles. The Morgan fingerprint density at radius 3 is 2.42 bits per heavy atom. The van der Waals surface area contributed by atoms with E-state index in [9.17, 15) is 17.6 Å². The molecule has 1 N–H and O–H groups in total. The molecule has 0 atom stereocenters. The Balaban J connectivity index is 1.84. The van der Waals surface area contributed by atoms with E-state index in [1.54, 1.807) is 36.9 Å². The first-order valence-corrected chi connectivity index (χ1v) is 9.52. The highest BCUT2D eigenvalue weighted by Crippen LogP contribution is 2.12. The van der Waals surface area contributed by atoms with Crippen molar-refractivity contribution in [3.05, 3.63) is 35.6 Å². The van der Waals surface area contributed by atoms with Gasteiger partial charge in [-0.05, 0) is 31.9 Å². The Kier molecular flexibility index (Phi) is 6.31. The summed E-state index contributed by atoms with van der Waals surface area (Å²) in [6.45, 7) is 4.78. The normalized spacial score (nSPS) is 16.6. The molecule has 2 rings (SSSR count). The molecule has 8 heteroatoms. The summed E-state index contributed by atoms with van der Waals surface area (Å²) in [7, 11) is -3.50. The molecule has 0 radical (unpaired) electrons. The van der Waals surface area contributed by atoms with E-state index in [1.165, 1.54) is 10.4 Å². The first-order valence-electron chi connectivity index (χ1n) is 8.08. The molecular weight excluding hydrogens is 333 g/mol. The van der Waals surface area contributed by atoms with Gasteiger partial charge in [0.05, 0.1) is 0 Å². The second-order valence-corrected chi connectivity index (χ2v) is 7.85. The van der Waals surface area contributed by atoms with Crippen LogP contribution in [0.2, 0.25) is 0 Å². The fourth-order valence-corrected chi connectivity index (χ4v) is 4.04. The van der Waals surface area contributed by atoms with Crippen LogP contribution in [0.3, 0.4) is 0 Å². The minimum absolute atomic E-state index is 0.0767. The maximum absolute atomic E-state index is 13.6. The lowest BCUT2D eigenvalue weighted by Crippen LogP contribution is -2.54. The summed E-state index contributed by atoms with van der Waals surface area (Å²) in [5, 5.41) is 0. The number of hydrogen-bond acceptors (Lipinski definition) is 3. The summed E-state index contributed by atoms with van der Waals surface area (Å²) in [5.41, 5.74) is 0.521. The maximum atomic E-state index is 13.6. The van der Waals surface area contributed by atoms with E-state index in [4.69, 9.17) is 0 Å². The number of amides is 1. The first-order chi connectivity index (χ1) is 11.3. The quantitative estimate of drug-likeness (QED) is 0.830. The topological polar surface area (TPSA) is 69.7 Å². The lowest BCUT2D eigenvalue weighted by Gasteiger charge is -2.34. The maximum Gasteiger partial charge on any atom is 0.279 e. The van der Waals surface area contributed by atoms with Crippen molar-refractivity contribution in [1.82, 2.24) is 13.9 Å². The van der Waals surface area contributed by atoms with E-state index in [2.05, 4.69) is 4.72 Å². The van der Waals surface area contributed by atoms with E-state index in [0.717, 1.165) is 0 Å². The van der Waals surface area contributed by atoms with Crippen LogP contribution in [0.4, 0.5) is 4.39 Å². The summed E-state index contributed by atoms with van der Waals surface area (Å²) in [4.78, 5) is 13.9. The molecule has 0 bridgehead atoms. The zero-order chi connectivity index (χ0) is 17.7. The molecule has 1 fully saturated rings. The Bertz CT molecular complexity index is 671. The lowest BCUT2D eigenvalue weighted by molar-refractivity contribution is -0.132. The predicted molar refractivity (Wildman–Crippen MR) is 90.1 cm³/mol. The smallest absolute Gasteiger partial charge is 0.279 e. The van der Waals surface area contributed by atoms with Crippen LogP contribution in [0.25, 0.3) is 0 Å². The number of aryl methyl sites for hydroxylation is 1. The van der Waals surface area contributed by atoms with E-state index in [1.807, 2.05) is 0 Å². The van der Waals surface area contributed by atoms with E-state index in [-0.39, 0.29) is 37.3 Å². The summed E-state index contributed by atoms with van der Waals surface area (Å²) < 4.78 is 41.6. The molecule has 0 saturated carbocycles. The number of carbonyl (C=O) groups is 1. The van der Waals surface area contributed by atoms with Gasteiger partial charge in [0.2, 0.25) is 5.91 Å². The molecule has 1 aromatic rings. The van der Waals surface area contributed by atoms with E-state index < -0.39 is 10.2 Å². The van der Waals surface area contributed by atoms with E-state index >= 15 is 0 Å². The monoisotopic (exact) mass is 357 g/mol. The van der Waals surface area contributed by atoms with Crippen molar-refractivity contribution in [2.45, 2.75) is 32.7 Å². The van der Waals surface area contributed by atoms with Crippen LogP contribution in [-0.2, 0) is 21.4 Å². The summed E-state index contributed by atoms with van der Waals surface area (Å²) in [5.74, 6) is -0.381. The van der Waals surface area contributed by atoms with Crippen LogP contribution in [0.5, 0.6) is 0 Å². The van der Waals surface area contributed by atoms with Crippen molar-refractivity contribution >= 4 is 16.1 Å². The van der Waals surface area contributed by atoms with Crippen LogP contribution in [0.15, 0.2) is 24.3 Å². The summed E-state index contributed by atoms with van der Waals surface area (Å²) >= 11 is 0. The Labute approximate surface area is 142 Å². The Morgan fingerprint density at radius 2 is 1.83 bits per heavy atom. The fraction of sp³-hybridized carbons (Fsp3) is 0.562. The molecule has 0 aromatic heterocycles. The summed E-state index contributed by atoms with van der Waals surface area (Å²) in [6.07, 6.45) is 0.566. The molecule has 1 amide bonds. The highest BCUT2D eigenvalue weighted by molar-refractivity contribution is 7.87. The van der Waals surface area contributed by atoms with Crippen molar-refractivity contribution in [2.24, 2.45) is 0 Å².